The lowest BCUT2D eigenvalue weighted by Gasteiger charge is -2.23. The van der Waals surface area contributed by atoms with Crippen molar-refractivity contribution in [2.45, 2.75) is 13.0 Å². The maximum absolute atomic E-state index is 13.3. The molecule has 0 bridgehead atoms. The number of halogens is 2. The molecule has 0 aromatic heterocycles. The van der Waals surface area contributed by atoms with Gasteiger partial charge in [0.05, 0.1) is 5.69 Å². The van der Waals surface area contributed by atoms with E-state index in [9.17, 15) is 9.18 Å². The van der Waals surface area contributed by atoms with E-state index < -0.39 is 11.9 Å². The van der Waals surface area contributed by atoms with Crippen LogP contribution in [-0.2, 0) is 4.79 Å². The van der Waals surface area contributed by atoms with Gasteiger partial charge in [0.1, 0.15) is 0 Å². The van der Waals surface area contributed by atoms with Crippen LogP contribution in [0.5, 0.6) is 5.75 Å². The molecule has 14 heavy (non-hydrogen) atoms. The van der Waals surface area contributed by atoms with Gasteiger partial charge in [0.15, 0.2) is 17.7 Å². The molecule has 1 atom stereocenters. The third-order valence-electron chi connectivity index (χ3n) is 1.93. The first-order chi connectivity index (χ1) is 6.58. The molecular weight excluding hydrogens is 253 g/mol. The summed E-state index contributed by atoms with van der Waals surface area (Å²) in [6.45, 7) is 1.57. The number of rotatable bonds is 0. The monoisotopic (exact) mass is 259 g/mol. The van der Waals surface area contributed by atoms with E-state index in [1.165, 1.54) is 6.07 Å². The number of anilines is 1. The van der Waals surface area contributed by atoms with Crippen LogP contribution < -0.4 is 10.1 Å². The van der Waals surface area contributed by atoms with Gasteiger partial charge in [-0.25, -0.2) is 4.39 Å². The average molecular weight is 260 g/mol. The van der Waals surface area contributed by atoms with Gasteiger partial charge in [0.25, 0.3) is 5.91 Å². The van der Waals surface area contributed by atoms with Crippen LogP contribution in [-0.4, -0.2) is 12.0 Å². The van der Waals surface area contributed by atoms with E-state index in [1.807, 2.05) is 0 Å². The molecule has 2 rings (SSSR count). The minimum atomic E-state index is -0.654. The fourth-order valence-corrected chi connectivity index (χ4v) is 1.67. The molecule has 3 nitrogen and oxygen atoms in total. The molecule has 1 amide bonds. The van der Waals surface area contributed by atoms with Crippen LogP contribution in [0, 0.1) is 5.82 Å². The van der Waals surface area contributed by atoms with Crippen LogP contribution in [0.4, 0.5) is 10.1 Å². The second-order valence-electron chi connectivity index (χ2n) is 3.01. The first-order valence-electron chi connectivity index (χ1n) is 4.04. The first kappa shape index (κ1) is 9.45. The van der Waals surface area contributed by atoms with Crippen molar-refractivity contribution in [3.05, 3.63) is 22.4 Å². The van der Waals surface area contributed by atoms with Gasteiger partial charge in [-0.05, 0) is 19.1 Å². The van der Waals surface area contributed by atoms with Crippen LogP contribution >= 0.6 is 15.9 Å². The summed E-state index contributed by atoms with van der Waals surface area (Å²) in [7, 11) is 0. The van der Waals surface area contributed by atoms with Crippen LogP contribution in [0.1, 0.15) is 6.92 Å². The Labute approximate surface area is 88.4 Å². The maximum Gasteiger partial charge on any atom is 0.265 e. The molecule has 0 aliphatic carbocycles. The lowest BCUT2D eigenvalue weighted by molar-refractivity contribution is -0.122. The zero-order valence-corrected chi connectivity index (χ0v) is 8.89. The van der Waals surface area contributed by atoms with Gasteiger partial charge in [-0.15, -0.1) is 0 Å². The third kappa shape index (κ3) is 1.48. The fraction of sp³-hybridized carbons (Fsp3) is 0.222. The summed E-state index contributed by atoms with van der Waals surface area (Å²) < 4.78 is 19.0. The first-order valence-corrected chi connectivity index (χ1v) is 4.84. The highest BCUT2D eigenvalue weighted by Crippen LogP contribution is 2.35. The van der Waals surface area contributed by atoms with E-state index in [1.54, 1.807) is 13.0 Å². The van der Waals surface area contributed by atoms with Gasteiger partial charge < -0.3 is 10.1 Å². The largest absolute Gasteiger partial charge is 0.476 e. The molecule has 0 spiro atoms. The summed E-state index contributed by atoms with van der Waals surface area (Å²) in [6.07, 6.45) is -0.654. The Morgan fingerprint density at radius 1 is 1.57 bits per heavy atom. The fourth-order valence-electron chi connectivity index (χ4n) is 1.24. The number of carbonyl (C=O) groups is 1. The highest BCUT2D eigenvalue weighted by Gasteiger charge is 2.26. The van der Waals surface area contributed by atoms with Crippen molar-refractivity contribution in [2.24, 2.45) is 0 Å². The Morgan fingerprint density at radius 2 is 2.29 bits per heavy atom. The Bertz CT molecular complexity index is 408. The van der Waals surface area contributed by atoms with Crippen molar-refractivity contribution in [3.63, 3.8) is 0 Å². The Balaban J connectivity index is 2.51. The number of ether oxygens (including phenoxy) is 1. The SMILES string of the molecule is CC1Oc2c(F)cc(Br)cc2NC1=O. The van der Waals surface area contributed by atoms with Crippen molar-refractivity contribution in [3.8, 4) is 5.75 Å². The van der Waals surface area contributed by atoms with Gasteiger partial charge in [-0.3, -0.25) is 4.79 Å². The average Bonchev–Trinajstić information content (AvgIpc) is 2.08. The molecule has 74 valence electrons. The molecule has 0 fully saturated rings. The zero-order chi connectivity index (χ0) is 10.3. The van der Waals surface area contributed by atoms with Crippen molar-refractivity contribution < 1.29 is 13.9 Å². The molecule has 1 N–H and O–H groups in total. The highest BCUT2D eigenvalue weighted by molar-refractivity contribution is 9.10. The Hall–Kier alpha value is -1.10. The summed E-state index contributed by atoms with van der Waals surface area (Å²) in [4.78, 5) is 11.2. The summed E-state index contributed by atoms with van der Waals surface area (Å²) in [5.74, 6) is -0.656. The Morgan fingerprint density at radius 3 is 3.00 bits per heavy atom. The number of amides is 1. The molecule has 0 saturated carbocycles. The normalized spacial score (nSPS) is 19.6. The van der Waals surface area contributed by atoms with E-state index in [4.69, 9.17) is 4.74 Å². The topological polar surface area (TPSA) is 38.3 Å². The van der Waals surface area contributed by atoms with Crippen molar-refractivity contribution in [1.82, 2.24) is 0 Å². The second kappa shape index (κ2) is 3.24. The zero-order valence-electron chi connectivity index (χ0n) is 7.30. The minimum Gasteiger partial charge on any atom is -0.476 e. The molecule has 1 heterocycles. The molecule has 1 aromatic carbocycles. The summed E-state index contributed by atoms with van der Waals surface area (Å²) in [5, 5.41) is 2.56. The van der Waals surface area contributed by atoms with Crippen molar-refractivity contribution in [1.29, 1.82) is 0 Å². The predicted molar refractivity (Wildman–Crippen MR) is 52.8 cm³/mol. The molecular formula is C9H7BrFNO2. The van der Waals surface area contributed by atoms with Gasteiger partial charge in [-0.1, -0.05) is 15.9 Å². The quantitative estimate of drug-likeness (QED) is 0.777. The van der Waals surface area contributed by atoms with E-state index in [-0.39, 0.29) is 11.7 Å². The van der Waals surface area contributed by atoms with E-state index in [0.717, 1.165) is 0 Å². The highest BCUT2D eigenvalue weighted by atomic mass is 79.9. The summed E-state index contributed by atoms with van der Waals surface area (Å²) >= 11 is 3.13. The lowest BCUT2D eigenvalue weighted by atomic mass is 10.2. The molecule has 1 aromatic rings. The number of fused-ring (bicyclic) bond motifs is 1. The van der Waals surface area contributed by atoms with Gasteiger partial charge in [0.2, 0.25) is 0 Å². The third-order valence-corrected chi connectivity index (χ3v) is 2.39. The summed E-state index contributed by atoms with van der Waals surface area (Å²) in [6, 6.07) is 2.89. The minimum absolute atomic E-state index is 0.0975. The molecule has 1 aliphatic rings. The molecule has 0 radical (unpaired) electrons. The van der Waals surface area contributed by atoms with Crippen LogP contribution in [0.2, 0.25) is 0 Å². The van der Waals surface area contributed by atoms with Crippen LogP contribution in [0.25, 0.3) is 0 Å². The Kier molecular flexibility index (Phi) is 2.19. The van der Waals surface area contributed by atoms with Crippen LogP contribution in [0.15, 0.2) is 16.6 Å². The van der Waals surface area contributed by atoms with Crippen molar-refractivity contribution in [2.75, 3.05) is 5.32 Å². The standard InChI is InChI=1S/C9H7BrFNO2/c1-4-9(13)12-7-3-5(10)2-6(11)8(7)14-4/h2-4H,1H3,(H,12,13). The number of hydrogen-bond acceptors (Lipinski definition) is 2. The number of hydrogen-bond donors (Lipinski definition) is 1. The van der Waals surface area contributed by atoms with E-state index >= 15 is 0 Å². The number of carbonyl (C=O) groups excluding carboxylic acids is 1. The smallest absolute Gasteiger partial charge is 0.265 e. The van der Waals surface area contributed by atoms with Gasteiger partial charge >= 0.3 is 0 Å². The molecule has 1 aliphatic heterocycles. The van der Waals surface area contributed by atoms with E-state index in [2.05, 4.69) is 21.2 Å². The van der Waals surface area contributed by atoms with Gasteiger partial charge in [-0.2, -0.15) is 0 Å². The van der Waals surface area contributed by atoms with Crippen molar-refractivity contribution >= 4 is 27.5 Å². The number of nitrogens with one attached hydrogen (secondary N) is 1. The lowest BCUT2D eigenvalue weighted by Crippen LogP contribution is -2.34. The van der Waals surface area contributed by atoms with Gasteiger partial charge in [0, 0.05) is 4.47 Å². The molecule has 0 saturated heterocycles. The molecule has 5 heteroatoms. The second-order valence-corrected chi connectivity index (χ2v) is 3.93. The molecule has 1 unspecified atom stereocenters. The predicted octanol–water partition coefficient (Wildman–Crippen LogP) is 2.31. The number of benzene rings is 1. The van der Waals surface area contributed by atoms with Crippen LogP contribution in [0.3, 0.4) is 0 Å². The summed E-state index contributed by atoms with van der Waals surface area (Å²) in [5.41, 5.74) is 0.361. The van der Waals surface area contributed by atoms with E-state index in [0.29, 0.717) is 10.2 Å². The maximum atomic E-state index is 13.3.